The van der Waals surface area contributed by atoms with Crippen molar-refractivity contribution in [3.8, 4) is 6.07 Å². The van der Waals surface area contributed by atoms with E-state index in [0.29, 0.717) is 11.6 Å². The number of nitrogens with zero attached hydrogens (tertiary/aromatic N) is 1. The maximum Gasteiger partial charge on any atom is 0.183 e. The topological polar surface area (TPSA) is 67.2 Å². The monoisotopic (exact) mass is 375 g/mol. The van der Waals surface area contributed by atoms with Crippen LogP contribution >= 0.6 is 11.6 Å². The summed E-state index contributed by atoms with van der Waals surface area (Å²) in [6, 6.07) is 17.5. The quantitative estimate of drug-likeness (QED) is 0.769. The van der Waals surface area contributed by atoms with Gasteiger partial charge in [-0.15, -0.1) is 0 Å². The largest absolute Gasteiger partial charge is 0.380 e. The first-order valence-corrected chi connectivity index (χ1v) is 9.93. The first kappa shape index (κ1) is 17.9. The molecule has 0 aliphatic heterocycles. The number of halogens is 1. The first-order chi connectivity index (χ1) is 12.0. The average Bonchev–Trinajstić information content (AvgIpc) is 3.31. The van der Waals surface area contributed by atoms with Crippen LogP contribution in [-0.2, 0) is 14.6 Å². The predicted molar refractivity (Wildman–Crippen MR) is 96.1 cm³/mol. The SMILES string of the molecule is CCOC[C@]1(C#N)[C@H](c2cccc(Cl)c2)[C@H]1S(=O)(=O)c1ccccc1. The molecule has 0 unspecified atom stereocenters. The Morgan fingerprint density at radius 1 is 1.20 bits per heavy atom. The van der Waals surface area contributed by atoms with Gasteiger partial charge in [0.25, 0.3) is 0 Å². The minimum absolute atomic E-state index is 0.0773. The van der Waals surface area contributed by atoms with Gasteiger partial charge in [-0.25, -0.2) is 8.42 Å². The molecule has 0 radical (unpaired) electrons. The molecule has 2 aromatic carbocycles. The Morgan fingerprint density at radius 3 is 2.52 bits per heavy atom. The third-order valence-corrected chi connectivity index (χ3v) is 7.15. The van der Waals surface area contributed by atoms with Crippen LogP contribution in [0.25, 0.3) is 0 Å². The van der Waals surface area contributed by atoms with Crippen LogP contribution in [0.1, 0.15) is 18.4 Å². The Hall–Kier alpha value is -1.87. The molecule has 1 saturated carbocycles. The summed E-state index contributed by atoms with van der Waals surface area (Å²) < 4.78 is 31.8. The summed E-state index contributed by atoms with van der Waals surface area (Å²) in [7, 11) is -3.67. The highest BCUT2D eigenvalue weighted by atomic mass is 35.5. The maximum absolute atomic E-state index is 13.2. The zero-order chi connectivity index (χ0) is 18.1. The second-order valence-corrected chi connectivity index (χ2v) is 8.61. The van der Waals surface area contributed by atoms with Gasteiger partial charge < -0.3 is 4.74 Å². The average molecular weight is 376 g/mol. The fourth-order valence-corrected chi connectivity index (χ4v) is 5.93. The van der Waals surface area contributed by atoms with Crippen molar-refractivity contribution in [2.45, 2.75) is 23.0 Å². The highest BCUT2D eigenvalue weighted by molar-refractivity contribution is 7.92. The number of ether oxygens (including phenoxy) is 1. The lowest BCUT2D eigenvalue weighted by Gasteiger charge is -2.09. The van der Waals surface area contributed by atoms with Gasteiger partial charge in [0.1, 0.15) is 5.41 Å². The normalized spacial score (nSPS) is 25.3. The fourth-order valence-electron chi connectivity index (χ4n) is 3.40. The molecule has 0 heterocycles. The van der Waals surface area contributed by atoms with Gasteiger partial charge >= 0.3 is 0 Å². The number of hydrogen-bond acceptors (Lipinski definition) is 4. The van der Waals surface area contributed by atoms with E-state index in [4.69, 9.17) is 16.3 Å². The number of hydrogen-bond donors (Lipinski definition) is 0. The van der Waals surface area contributed by atoms with E-state index in [1.54, 1.807) is 48.5 Å². The van der Waals surface area contributed by atoms with Crippen molar-refractivity contribution in [1.82, 2.24) is 0 Å². The van der Waals surface area contributed by atoms with Gasteiger partial charge in [0.2, 0.25) is 0 Å². The van der Waals surface area contributed by atoms with Crippen molar-refractivity contribution in [2.24, 2.45) is 5.41 Å². The van der Waals surface area contributed by atoms with E-state index in [-0.39, 0.29) is 11.5 Å². The summed E-state index contributed by atoms with van der Waals surface area (Å²) in [6.45, 7) is 2.32. The molecular formula is C19H18ClNO3S. The molecule has 0 N–H and O–H groups in total. The van der Waals surface area contributed by atoms with Crippen LogP contribution in [0.2, 0.25) is 5.02 Å². The van der Waals surface area contributed by atoms with E-state index >= 15 is 0 Å². The molecule has 0 aromatic heterocycles. The van der Waals surface area contributed by atoms with Crippen molar-refractivity contribution in [3.63, 3.8) is 0 Å². The smallest absolute Gasteiger partial charge is 0.183 e. The van der Waals surface area contributed by atoms with Crippen molar-refractivity contribution < 1.29 is 13.2 Å². The molecule has 0 amide bonds. The standard InChI is InChI=1S/C19H18ClNO3S/c1-2-24-13-19(12-21)17(14-7-6-8-15(20)11-14)18(19)25(22,23)16-9-4-3-5-10-16/h3-11,17-18H,2,13H2,1H3/t17-,18-,19-/m1/s1. The molecule has 0 bridgehead atoms. The van der Waals surface area contributed by atoms with Crippen LogP contribution in [0.3, 0.4) is 0 Å². The van der Waals surface area contributed by atoms with Gasteiger partial charge in [-0.2, -0.15) is 5.26 Å². The molecule has 1 aliphatic carbocycles. The van der Waals surface area contributed by atoms with Crippen molar-refractivity contribution in [3.05, 3.63) is 65.2 Å². The van der Waals surface area contributed by atoms with Gasteiger partial charge in [0, 0.05) is 17.5 Å². The van der Waals surface area contributed by atoms with Gasteiger partial charge in [0.05, 0.1) is 22.8 Å². The van der Waals surface area contributed by atoms with E-state index in [1.165, 1.54) is 0 Å². The van der Waals surface area contributed by atoms with Gasteiger partial charge in [-0.05, 0) is 36.8 Å². The van der Waals surface area contributed by atoms with Crippen molar-refractivity contribution in [2.75, 3.05) is 13.2 Å². The maximum atomic E-state index is 13.2. The Bertz CT molecular complexity index is 908. The van der Waals surface area contributed by atoms with Crippen molar-refractivity contribution in [1.29, 1.82) is 5.26 Å². The van der Waals surface area contributed by atoms with E-state index in [1.807, 2.05) is 13.0 Å². The molecule has 130 valence electrons. The lowest BCUT2D eigenvalue weighted by atomic mass is 10.0. The van der Waals surface area contributed by atoms with Crippen molar-refractivity contribution >= 4 is 21.4 Å². The van der Waals surface area contributed by atoms with Crippen LogP contribution in [0.4, 0.5) is 0 Å². The fraction of sp³-hybridized carbons (Fsp3) is 0.316. The third kappa shape index (κ3) is 3.06. The Morgan fingerprint density at radius 2 is 1.92 bits per heavy atom. The van der Waals surface area contributed by atoms with Gasteiger partial charge in [0.15, 0.2) is 9.84 Å². The van der Waals surface area contributed by atoms with Gasteiger partial charge in [-0.1, -0.05) is 41.9 Å². The molecule has 0 spiro atoms. The Balaban J connectivity index is 2.08. The summed E-state index contributed by atoms with van der Waals surface area (Å²) >= 11 is 6.07. The lowest BCUT2D eigenvalue weighted by molar-refractivity contribution is 0.117. The molecule has 1 aliphatic rings. The number of sulfone groups is 1. The molecule has 2 aromatic rings. The Kier molecular flexibility index (Phi) is 4.88. The van der Waals surface area contributed by atoms with Gasteiger partial charge in [-0.3, -0.25) is 0 Å². The zero-order valence-corrected chi connectivity index (χ0v) is 15.3. The first-order valence-electron chi connectivity index (χ1n) is 8.01. The lowest BCUT2D eigenvalue weighted by Crippen LogP contribution is -2.19. The Labute approximate surface area is 152 Å². The minimum Gasteiger partial charge on any atom is -0.380 e. The molecule has 3 rings (SSSR count). The second-order valence-electron chi connectivity index (χ2n) is 6.10. The third-order valence-electron chi connectivity index (χ3n) is 4.62. The molecule has 1 fully saturated rings. The molecule has 3 atom stereocenters. The van der Waals surface area contributed by atoms with E-state index < -0.39 is 26.4 Å². The van der Waals surface area contributed by atoms with E-state index in [9.17, 15) is 13.7 Å². The summed E-state index contributed by atoms with van der Waals surface area (Å²) in [5, 5.41) is 9.50. The van der Waals surface area contributed by atoms with Crippen LogP contribution in [0, 0.1) is 16.7 Å². The van der Waals surface area contributed by atoms with Crippen LogP contribution in [-0.4, -0.2) is 26.9 Å². The highest BCUT2D eigenvalue weighted by Gasteiger charge is 2.72. The molecular weight excluding hydrogens is 358 g/mol. The summed E-state index contributed by atoms with van der Waals surface area (Å²) in [6.07, 6.45) is 0. The molecule has 0 saturated heterocycles. The zero-order valence-electron chi connectivity index (χ0n) is 13.7. The molecule has 4 nitrogen and oxygen atoms in total. The van der Waals surface area contributed by atoms with E-state index in [2.05, 4.69) is 6.07 Å². The van der Waals surface area contributed by atoms with Crippen LogP contribution < -0.4 is 0 Å². The summed E-state index contributed by atoms with van der Waals surface area (Å²) in [4.78, 5) is 0.223. The molecule has 6 heteroatoms. The summed E-state index contributed by atoms with van der Waals surface area (Å²) in [5.74, 6) is -0.465. The predicted octanol–water partition coefficient (Wildman–Crippen LogP) is 3.83. The van der Waals surface area contributed by atoms with Crippen LogP contribution in [0.15, 0.2) is 59.5 Å². The van der Waals surface area contributed by atoms with E-state index in [0.717, 1.165) is 5.56 Å². The second kappa shape index (κ2) is 6.80. The number of benzene rings is 2. The highest BCUT2D eigenvalue weighted by Crippen LogP contribution is 2.64. The summed E-state index contributed by atoms with van der Waals surface area (Å²) in [5.41, 5.74) is -0.353. The minimum atomic E-state index is -3.67. The molecule has 25 heavy (non-hydrogen) atoms. The number of rotatable bonds is 6. The number of nitriles is 1. The van der Waals surface area contributed by atoms with Crippen LogP contribution in [0.5, 0.6) is 0 Å².